The van der Waals surface area contributed by atoms with Gasteiger partial charge in [0.1, 0.15) is 5.75 Å². The van der Waals surface area contributed by atoms with Crippen LogP contribution in [-0.4, -0.2) is 39.7 Å². The molecular formula is C25H23N5O2S. The minimum absolute atomic E-state index is 0.151. The van der Waals surface area contributed by atoms with E-state index in [4.69, 9.17) is 4.74 Å². The van der Waals surface area contributed by atoms with E-state index < -0.39 is 0 Å². The summed E-state index contributed by atoms with van der Waals surface area (Å²) in [5, 5.41) is 13.4. The molecule has 0 atom stereocenters. The first-order chi connectivity index (χ1) is 16.2. The Morgan fingerprint density at radius 3 is 2.48 bits per heavy atom. The summed E-state index contributed by atoms with van der Waals surface area (Å²) in [6.45, 7) is 2.00. The summed E-state index contributed by atoms with van der Waals surface area (Å²) in [6, 6.07) is 25.3. The molecule has 8 heteroatoms. The van der Waals surface area contributed by atoms with Crippen molar-refractivity contribution in [3.63, 3.8) is 0 Å². The minimum Gasteiger partial charge on any atom is -0.497 e. The molecule has 0 unspecified atom stereocenters. The molecule has 166 valence electrons. The van der Waals surface area contributed by atoms with Crippen LogP contribution in [0.25, 0.3) is 17.1 Å². The maximum atomic E-state index is 12.4. The second-order valence-corrected chi connectivity index (χ2v) is 8.09. The SMILES string of the molecule is COc1ccc(-c2nnc(SCC(=O)NN=Cc3ccccc3C)n2-c2ccccc2)cc1. The highest BCUT2D eigenvalue weighted by molar-refractivity contribution is 7.99. The lowest BCUT2D eigenvalue weighted by atomic mass is 10.1. The lowest BCUT2D eigenvalue weighted by Gasteiger charge is -2.10. The smallest absolute Gasteiger partial charge is 0.250 e. The number of methoxy groups -OCH3 is 1. The Hall–Kier alpha value is -3.91. The van der Waals surface area contributed by atoms with Crippen molar-refractivity contribution < 1.29 is 9.53 Å². The summed E-state index contributed by atoms with van der Waals surface area (Å²) >= 11 is 1.30. The molecule has 7 nitrogen and oxygen atoms in total. The van der Waals surface area contributed by atoms with E-state index in [0.717, 1.165) is 28.1 Å². The molecule has 1 N–H and O–H groups in total. The van der Waals surface area contributed by atoms with E-state index in [1.165, 1.54) is 11.8 Å². The lowest BCUT2D eigenvalue weighted by Crippen LogP contribution is -2.20. The number of rotatable bonds is 8. The van der Waals surface area contributed by atoms with Gasteiger partial charge in [0.05, 0.1) is 19.1 Å². The molecule has 3 aromatic carbocycles. The van der Waals surface area contributed by atoms with Gasteiger partial charge in [0.25, 0.3) is 5.91 Å². The van der Waals surface area contributed by atoms with E-state index in [0.29, 0.717) is 11.0 Å². The highest BCUT2D eigenvalue weighted by atomic mass is 32.2. The number of nitrogens with zero attached hydrogens (tertiary/aromatic N) is 4. The molecule has 33 heavy (non-hydrogen) atoms. The average molecular weight is 458 g/mol. The number of carbonyl (C=O) groups excluding carboxylic acids is 1. The van der Waals surface area contributed by atoms with Gasteiger partial charge >= 0.3 is 0 Å². The molecule has 0 aliphatic carbocycles. The van der Waals surface area contributed by atoms with Crippen LogP contribution >= 0.6 is 11.8 Å². The van der Waals surface area contributed by atoms with Gasteiger partial charge in [-0.2, -0.15) is 5.10 Å². The molecule has 4 rings (SSSR count). The number of carbonyl (C=O) groups is 1. The van der Waals surface area contributed by atoms with Crippen LogP contribution in [0.3, 0.4) is 0 Å². The minimum atomic E-state index is -0.224. The summed E-state index contributed by atoms with van der Waals surface area (Å²) in [7, 11) is 1.63. The van der Waals surface area contributed by atoms with Crippen molar-refractivity contribution in [1.29, 1.82) is 0 Å². The Balaban J connectivity index is 1.51. The van der Waals surface area contributed by atoms with Crippen molar-refractivity contribution in [2.24, 2.45) is 5.10 Å². The zero-order valence-electron chi connectivity index (χ0n) is 18.3. The monoisotopic (exact) mass is 457 g/mol. The van der Waals surface area contributed by atoms with Crippen molar-refractivity contribution in [2.75, 3.05) is 12.9 Å². The normalized spacial score (nSPS) is 11.0. The largest absolute Gasteiger partial charge is 0.497 e. The summed E-state index contributed by atoms with van der Waals surface area (Å²) in [5.74, 6) is 1.38. The third-order valence-electron chi connectivity index (χ3n) is 4.91. The number of aromatic nitrogens is 3. The van der Waals surface area contributed by atoms with Crippen LogP contribution in [0.1, 0.15) is 11.1 Å². The number of amides is 1. The van der Waals surface area contributed by atoms with Crippen LogP contribution in [0.2, 0.25) is 0 Å². The molecule has 0 aliphatic heterocycles. The second-order valence-electron chi connectivity index (χ2n) is 7.14. The molecule has 0 spiro atoms. The Morgan fingerprint density at radius 1 is 1.03 bits per heavy atom. The molecular weight excluding hydrogens is 434 g/mol. The zero-order chi connectivity index (χ0) is 23.0. The number of ether oxygens (including phenoxy) is 1. The van der Waals surface area contributed by atoms with Crippen molar-refractivity contribution in [3.8, 4) is 22.8 Å². The van der Waals surface area contributed by atoms with E-state index in [1.807, 2.05) is 90.4 Å². The van der Waals surface area contributed by atoms with Crippen LogP contribution in [0.4, 0.5) is 0 Å². The van der Waals surface area contributed by atoms with Gasteiger partial charge in [-0.1, -0.05) is 54.2 Å². The van der Waals surface area contributed by atoms with Crippen molar-refractivity contribution >= 4 is 23.9 Å². The van der Waals surface area contributed by atoms with Gasteiger partial charge in [-0.15, -0.1) is 10.2 Å². The second kappa shape index (κ2) is 10.6. The van der Waals surface area contributed by atoms with Crippen LogP contribution < -0.4 is 10.2 Å². The fourth-order valence-electron chi connectivity index (χ4n) is 3.17. The number of para-hydroxylation sites is 1. The molecule has 0 aliphatic rings. The number of benzene rings is 3. The lowest BCUT2D eigenvalue weighted by molar-refractivity contribution is -0.118. The van der Waals surface area contributed by atoms with Gasteiger partial charge in [-0.25, -0.2) is 5.43 Å². The predicted octanol–water partition coefficient (Wildman–Crippen LogP) is 4.49. The average Bonchev–Trinajstić information content (AvgIpc) is 3.28. The van der Waals surface area contributed by atoms with E-state index in [2.05, 4.69) is 20.7 Å². The van der Waals surface area contributed by atoms with Crippen LogP contribution in [0, 0.1) is 6.92 Å². The van der Waals surface area contributed by atoms with Gasteiger partial charge in [0.2, 0.25) is 0 Å². The molecule has 1 heterocycles. The van der Waals surface area contributed by atoms with Crippen molar-refractivity contribution in [1.82, 2.24) is 20.2 Å². The third kappa shape index (κ3) is 5.48. The van der Waals surface area contributed by atoms with Crippen LogP contribution in [-0.2, 0) is 4.79 Å². The topological polar surface area (TPSA) is 81.4 Å². The number of hydrazone groups is 1. The first-order valence-electron chi connectivity index (χ1n) is 10.3. The highest BCUT2D eigenvalue weighted by Gasteiger charge is 2.17. The molecule has 0 saturated heterocycles. The Kier molecular flexibility index (Phi) is 7.16. The molecule has 0 radical (unpaired) electrons. The van der Waals surface area contributed by atoms with Crippen LogP contribution in [0.15, 0.2) is 89.1 Å². The molecule has 1 amide bonds. The number of hydrogen-bond acceptors (Lipinski definition) is 6. The number of thioether (sulfide) groups is 1. The molecule has 0 saturated carbocycles. The van der Waals surface area contributed by atoms with Gasteiger partial charge in [0, 0.05) is 11.3 Å². The van der Waals surface area contributed by atoms with Crippen molar-refractivity contribution in [3.05, 3.63) is 90.0 Å². The summed E-state index contributed by atoms with van der Waals surface area (Å²) in [4.78, 5) is 12.4. The summed E-state index contributed by atoms with van der Waals surface area (Å²) in [6.07, 6.45) is 1.64. The number of aryl methyl sites for hydroxylation is 1. The summed E-state index contributed by atoms with van der Waals surface area (Å²) < 4.78 is 7.19. The standard InChI is InChI=1S/C25H23N5O2S/c1-18-8-6-7-9-20(18)16-26-27-23(31)17-33-25-29-28-24(19-12-14-22(32-2)15-13-19)30(25)21-10-4-3-5-11-21/h3-16H,17H2,1-2H3,(H,27,31). The third-order valence-corrected chi connectivity index (χ3v) is 5.84. The maximum absolute atomic E-state index is 12.4. The maximum Gasteiger partial charge on any atom is 0.250 e. The fourth-order valence-corrected chi connectivity index (χ4v) is 3.91. The first kappa shape index (κ1) is 22.3. The van der Waals surface area contributed by atoms with Gasteiger partial charge in [-0.05, 0) is 54.4 Å². The fraction of sp³-hybridized carbons (Fsp3) is 0.120. The Bertz CT molecular complexity index is 1250. The summed E-state index contributed by atoms with van der Waals surface area (Å²) in [5.41, 5.74) is 6.43. The highest BCUT2D eigenvalue weighted by Crippen LogP contribution is 2.28. The first-order valence-corrected chi connectivity index (χ1v) is 11.3. The van der Waals surface area contributed by atoms with E-state index in [-0.39, 0.29) is 11.7 Å². The van der Waals surface area contributed by atoms with Crippen LogP contribution in [0.5, 0.6) is 5.75 Å². The molecule has 4 aromatic rings. The molecule has 0 bridgehead atoms. The van der Waals surface area contributed by atoms with E-state index in [1.54, 1.807) is 13.3 Å². The Labute approximate surface area is 196 Å². The van der Waals surface area contributed by atoms with Gasteiger partial charge in [-0.3, -0.25) is 9.36 Å². The predicted molar refractivity (Wildman–Crippen MR) is 131 cm³/mol. The number of nitrogens with one attached hydrogen (secondary N) is 1. The quantitative estimate of drug-likeness (QED) is 0.239. The van der Waals surface area contributed by atoms with E-state index in [9.17, 15) is 4.79 Å². The number of hydrogen-bond donors (Lipinski definition) is 1. The molecule has 0 fully saturated rings. The van der Waals surface area contributed by atoms with Gasteiger partial charge < -0.3 is 4.74 Å². The zero-order valence-corrected chi connectivity index (χ0v) is 19.1. The van der Waals surface area contributed by atoms with Gasteiger partial charge in [0.15, 0.2) is 11.0 Å². The Morgan fingerprint density at radius 2 is 1.76 bits per heavy atom. The molecule has 1 aromatic heterocycles. The van der Waals surface area contributed by atoms with E-state index >= 15 is 0 Å². The van der Waals surface area contributed by atoms with Crippen molar-refractivity contribution in [2.45, 2.75) is 12.1 Å².